The average Bonchev–Trinajstić information content (AvgIpc) is 2.85. The Balaban J connectivity index is 1.57. The van der Waals surface area contributed by atoms with Crippen LogP contribution >= 0.6 is 0 Å². The lowest BCUT2D eigenvalue weighted by Crippen LogP contribution is -2.53. The molecular weight excluding hydrogens is 478 g/mol. The molecule has 1 amide bonds. The van der Waals surface area contributed by atoms with Crippen molar-refractivity contribution < 1.29 is 13.6 Å². The van der Waals surface area contributed by atoms with Gasteiger partial charge in [0.1, 0.15) is 5.65 Å². The van der Waals surface area contributed by atoms with Gasteiger partial charge in [0, 0.05) is 36.5 Å². The predicted molar refractivity (Wildman–Crippen MR) is 140 cm³/mol. The normalized spacial score (nSPS) is 18.4. The van der Waals surface area contributed by atoms with Gasteiger partial charge in [0.25, 0.3) is 5.56 Å². The third-order valence-electron chi connectivity index (χ3n) is 7.10. The van der Waals surface area contributed by atoms with E-state index >= 15 is 0 Å². The number of anilines is 1. The van der Waals surface area contributed by atoms with Gasteiger partial charge in [0.05, 0.1) is 17.6 Å². The zero-order valence-corrected chi connectivity index (χ0v) is 21.6. The fraction of sp³-hybridized carbons (Fsp3) is 0.481. The minimum atomic E-state index is -2.73. The summed E-state index contributed by atoms with van der Waals surface area (Å²) in [5.41, 5.74) is 7.00. The Morgan fingerprint density at radius 3 is 2.27 bits per heavy atom. The average molecular weight is 513 g/mol. The maximum Gasteiger partial charge on any atom is 0.252 e. The van der Waals surface area contributed by atoms with Crippen LogP contribution in [0.2, 0.25) is 0 Å². The second kappa shape index (κ2) is 10.2. The topological polar surface area (TPSA) is 115 Å². The van der Waals surface area contributed by atoms with Crippen LogP contribution in [0.5, 0.6) is 0 Å². The van der Waals surface area contributed by atoms with Crippen molar-refractivity contribution in [1.82, 2.24) is 19.9 Å². The number of nitrogens with two attached hydrogens (primary N) is 1. The predicted octanol–water partition coefficient (Wildman–Crippen LogP) is 4.41. The van der Waals surface area contributed by atoms with Crippen molar-refractivity contribution in [2.24, 2.45) is 5.73 Å². The molecule has 10 heteroatoms. The molecule has 198 valence electrons. The van der Waals surface area contributed by atoms with E-state index in [0.717, 1.165) is 16.5 Å². The highest BCUT2D eigenvalue weighted by atomic mass is 19.3. The van der Waals surface area contributed by atoms with Crippen molar-refractivity contribution in [3.63, 3.8) is 0 Å². The highest BCUT2D eigenvalue weighted by Crippen LogP contribution is 2.44. The van der Waals surface area contributed by atoms with Gasteiger partial charge in [-0.1, -0.05) is 24.3 Å². The van der Waals surface area contributed by atoms with Gasteiger partial charge >= 0.3 is 0 Å². The standard InChI is InChI=1S/C27H34F2N6O2/c1-16(2)35-22(36)10-7-20-15-31-25(33-23(20)35)32-18(4)19-5-8-21(9-6-19)26(34-24(37)17(3)30)11-13-27(28,29)14-12-26/h5-10,15-18H,11-14,30H2,1-4H3,(H,34,37)(H,31,32,33)/t17-,18+/m1/s1. The van der Waals surface area contributed by atoms with Crippen LogP contribution in [0, 0.1) is 0 Å². The summed E-state index contributed by atoms with van der Waals surface area (Å²) in [6, 6.07) is 9.81. The number of rotatable bonds is 7. The first-order valence-electron chi connectivity index (χ1n) is 12.6. The summed E-state index contributed by atoms with van der Waals surface area (Å²) < 4.78 is 29.5. The molecule has 4 N–H and O–H groups in total. The summed E-state index contributed by atoms with van der Waals surface area (Å²) in [6.07, 6.45) is 1.35. The van der Waals surface area contributed by atoms with E-state index in [1.165, 1.54) is 6.07 Å². The number of hydrogen-bond acceptors (Lipinski definition) is 6. The molecule has 1 aliphatic carbocycles. The van der Waals surface area contributed by atoms with E-state index in [9.17, 15) is 18.4 Å². The lowest BCUT2D eigenvalue weighted by molar-refractivity contribution is -0.126. The number of nitrogens with one attached hydrogen (secondary N) is 2. The minimum Gasteiger partial charge on any atom is -0.348 e. The minimum absolute atomic E-state index is 0.0567. The largest absolute Gasteiger partial charge is 0.348 e. The van der Waals surface area contributed by atoms with Gasteiger partial charge in [-0.15, -0.1) is 0 Å². The molecular formula is C27H34F2N6O2. The molecule has 3 aromatic rings. The van der Waals surface area contributed by atoms with Gasteiger partial charge in [-0.05, 0) is 57.7 Å². The van der Waals surface area contributed by atoms with Gasteiger partial charge in [0.15, 0.2) is 0 Å². The van der Waals surface area contributed by atoms with E-state index in [4.69, 9.17) is 5.73 Å². The Labute approximate surface area is 214 Å². The van der Waals surface area contributed by atoms with Crippen LogP contribution in [0.3, 0.4) is 0 Å². The number of aromatic nitrogens is 3. The van der Waals surface area contributed by atoms with E-state index in [1.807, 2.05) is 45.0 Å². The Morgan fingerprint density at radius 2 is 1.68 bits per heavy atom. The van der Waals surface area contributed by atoms with Crippen LogP contribution in [-0.2, 0) is 10.3 Å². The second-order valence-corrected chi connectivity index (χ2v) is 10.3. The molecule has 1 aliphatic rings. The van der Waals surface area contributed by atoms with Crippen LogP contribution < -0.4 is 21.9 Å². The molecule has 0 bridgehead atoms. The quantitative estimate of drug-likeness (QED) is 0.432. The molecule has 4 rings (SSSR count). The Hall–Kier alpha value is -3.40. The van der Waals surface area contributed by atoms with Crippen molar-refractivity contribution in [2.75, 3.05) is 5.32 Å². The number of pyridine rings is 1. The molecule has 2 aromatic heterocycles. The Kier molecular flexibility index (Phi) is 7.32. The van der Waals surface area contributed by atoms with E-state index in [-0.39, 0.29) is 49.2 Å². The maximum atomic E-state index is 13.9. The van der Waals surface area contributed by atoms with Crippen molar-refractivity contribution >= 4 is 22.9 Å². The number of fused-ring (bicyclic) bond motifs is 1. The van der Waals surface area contributed by atoms with Crippen molar-refractivity contribution in [2.45, 2.75) is 83.0 Å². The molecule has 37 heavy (non-hydrogen) atoms. The highest BCUT2D eigenvalue weighted by molar-refractivity contribution is 5.82. The third-order valence-corrected chi connectivity index (χ3v) is 7.10. The molecule has 0 radical (unpaired) electrons. The lowest BCUT2D eigenvalue weighted by atomic mass is 9.74. The highest BCUT2D eigenvalue weighted by Gasteiger charge is 2.45. The van der Waals surface area contributed by atoms with Crippen LogP contribution in [0.4, 0.5) is 14.7 Å². The number of alkyl halides is 2. The first-order chi connectivity index (χ1) is 17.4. The van der Waals surface area contributed by atoms with Crippen molar-refractivity contribution in [3.05, 3.63) is 64.1 Å². The molecule has 0 aliphatic heterocycles. The molecule has 1 aromatic carbocycles. The number of carbonyl (C=O) groups is 1. The fourth-order valence-corrected chi connectivity index (χ4v) is 4.85. The van der Waals surface area contributed by atoms with Crippen LogP contribution in [0.25, 0.3) is 11.0 Å². The van der Waals surface area contributed by atoms with Crippen LogP contribution in [0.1, 0.15) is 76.6 Å². The number of nitrogens with zero attached hydrogens (tertiary/aromatic N) is 3. The first kappa shape index (κ1) is 26.7. The summed E-state index contributed by atoms with van der Waals surface area (Å²) >= 11 is 0. The van der Waals surface area contributed by atoms with Gasteiger partial charge in [-0.25, -0.2) is 13.8 Å². The van der Waals surface area contributed by atoms with E-state index in [2.05, 4.69) is 20.6 Å². The molecule has 8 nitrogen and oxygen atoms in total. The summed E-state index contributed by atoms with van der Waals surface area (Å²) in [7, 11) is 0. The van der Waals surface area contributed by atoms with E-state index < -0.39 is 17.5 Å². The molecule has 1 fully saturated rings. The summed E-state index contributed by atoms with van der Waals surface area (Å²) in [5, 5.41) is 7.00. The molecule has 2 heterocycles. The molecule has 1 saturated carbocycles. The fourth-order valence-electron chi connectivity index (χ4n) is 4.85. The lowest BCUT2D eigenvalue weighted by Gasteiger charge is -2.41. The van der Waals surface area contributed by atoms with Crippen molar-refractivity contribution in [1.29, 1.82) is 0 Å². The molecule has 0 unspecified atom stereocenters. The van der Waals surface area contributed by atoms with E-state index in [0.29, 0.717) is 11.6 Å². The van der Waals surface area contributed by atoms with E-state index in [1.54, 1.807) is 23.8 Å². The number of halogens is 2. The number of hydrogen-bond donors (Lipinski definition) is 3. The number of benzene rings is 1. The SMILES string of the molecule is CC(C)n1c(=O)ccc2cnc(N[C@@H](C)c3ccc(C4(NC(=O)[C@@H](C)N)CCC(F)(F)CC4)cc3)nc21. The van der Waals surface area contributed by atoms with Gasteiger partial charge < -0.3 is 16.4 Å². The number of amides is 1. The maximum absolute atomic E-state index is 13.9. The molecule has 0 saturated heterocycles. The van der Waals surface area contributed by atoms with Gasteiger partial charge in [-0.2, -0.15) is 4.98 Å². The summed E-state index contributed by atoms with van der Waals surface area (Å²) in [6.45, 7) is 7.39. The molecule has 0 spiro atoms. The third kappa shape index (κ3) is 5.64. The smallest absolute Gasteiger partial charge is 0.252 e. The monoisotopic (exact) mass is 512 g/mol. The Morgan fingerprint density at radius 1 is 1.03 bits per heavy atom. The summed E-state index contributed by atoms with van der Waals surface area (Å²) in [4.78, 5) is 33.8. The number of carbonyl (C=O) groups excluding carboxylic acids is 1. The first-order valence-corrected chi connectivity index (χ1v) is 12.6. The van der Waals surface area contributed by atoms with Crippen LogP contribution in [0.15, 0.2) is 47.4 Å². The zero-order valence-electron chi connectivity index (χ0n) is 21.6. The second-order valence-electron chi connectivity index (χ2n) is 10.3. The van der Waals surface area contributed by atoms with Crippen molar-refractivity contribution in [3.8, 4) is 0 Å². The molecule has 2 atom stereocenters. The summed E-state index contributed by atoms with van der Waals surface area (Å²) in [5.74, 6) is -2.71. The zero-order chi connectivity index (χ0) is 27.0. The van der Waals surface area contributed by atoms with Gasteiger partial charge in [0.2, 0.25) is 17.8 Å². The van der Waals surface area contributed by atoms with Crippen LogP contribution in [-0.4, -0.2) is 32.4 Å². The van der Waals surface area contributed by atoms with Gasteiger partial charge in [-0.3, -0.25) is 14.2 Å². The Bertz CT molecular complexity index is 1330.